The van der Waals surface area contributed by atoms with Crippen LogP contribution in [0.25, 0.3) is 0 Å². The molecule has 0 saturated carbocycles. The van der Waals surface area contributed by atoms with E-state index < -0.39 is 21.9 Å². The summed E-state index contributed by atoms with van der Waals surface area (Å²) in [6.45, 7) is 2.07. The maximum absolute atomic E-state index is 13.3. The summed E-state index contributed by atoms with van der Waals surface area (Å²) in [5, 5.41) is 2.60. The second-order valence-electron chi connectivity index (χ2n) is 7.83. The van der Waals surface area contributed by atoms with E-state index in [4.69, 9.17) is 4.74 Å². The van der Waals surface area contributed by atoms with Gasteiger partial charge in [0.1, 0.15) is 17.6 Å². The van der Waals surface area contributed by atoms with Crippen LogP contribution in [-0.4, -0.2) is 58.1 Å². The van der Waals surface area contributed by atoms with Crippen LogP contribution in [0.15, 0.2) is 48.5 Å². The zero-order chi connectivity index (χ0) is 25.3. The Balaban J connectivity index is 2.19. The average molecular weight is 494 g/mol. The Morgan fingerprint density at radius 1 is 1.15 bits per heavy atom. The van der Waals surface area contributed by atoms with Crippen molar-refractivity contribution in [3.8, 4) is 5.75 Å². The highest BCUT2D eigenvalue weighted by Crippen LogP contribution is 2.21. The van der Waals surface area contributed by atoms with E-state index in [1.807, 2.05) is 19.1 Å². The van der Waals surface area contributed by atoms with Crippen molar-refractivity contribution < 1.29 is 27.1 Å². The minimum Gasteiger partial charge on any atom is -0.497 e. The molecule has 2 aromatic rings. The van der Waals surface area contributed by atoms with Gasteiger partial charge in [-0.25, -0.2) is 12.8 Å². The molecule has 0 saturated heterocycles. The molecule has 10 heteroatoms. The normalized spacial score (nSPS) is 12.0. The molecule has 8 nitrogen and oxygen atoms in total. The van der Waals surface area contributed by atoms with Gasteiger partial charge in [0.2, 0.25) is 21.8 Å². The number of ether oxygens (including phenoxy) is 1. The third-order valence-electron chi connectivity index (χ3n) is 5.39. The molecular formula is C24H32FN3O5S. The van der Waals surface area contributed by atoms with Crippen LogP contribution in [0.4, 0.5) is 10.1 Å². The molecule has 0 spiro atoms. The van der Waals surface area contributed by atoms with Crippen LogP contribution in [0, 0.1) is 5.82 Å². The summed E-state index contributed by atoms with van der Waals surface area (Å²) < 4.78 is 44.2. The Kier molecular flexibility index (Phi) is 9.85. The van der Waals surface area contributed by atoms with Crippen LogP contribution in [0.1, 0.15) is 31.7 Å². The van der Waals surface area contributed by atoms with Crippen LogP contribution < -0.4 is 14.4 Å². The summed E-state index contributed by atoms with van der Waals surface area (Å²) in [4.78, 5) is 27.2. The number of carbonyl (C=O) groups excluding carboxylic acids is 2. The van der Waals surface area contributed by atoms with Gasteiger partial charge in [-0.05, 0) is 54.8 Å². The first kappa shape index (κ1) is 27.1. The van der Waals surface area contributed by atoms with E-state index in [0.717, 1.165) is 16.1 Å². The predicted molar refractivity (Wildman–Crippen MR) is 130 cm³/mol. The maximum Gasteiger partial charge on any atom is 0.242 e. The molecule has 0 heterocycles. The molecule has 0 aromatic heterocycles. The van der Waals surface area contributed by atoms with Crippen molar-refractivity contribution in [3.63, 3.8) is 0 Å². The Labute approximate surface area is 200 Å². The SMILES string of the molecule is CC[C@@H](C(=O)NC)N(Cc1cccc(OC)c1)C(=O)CCCN(c1ccc(F)cc1)S(C)(=O)=O. The molecule has 0 aliphatic heterocycles. The van der Waals surface area contributed by atoms with Crippen molar-refractivity contribution >= 4 is 27.5 Å². The number of anilines is 1. The first-order valence-electron chi connectivity index (χ1n) is 11.0. The molecule has 2 rings (SSSR count). The number of rotatable bonds is 12. The predicted octanol–water partition coefficient (Wildman–Crippen LogP) is 2.93. The molecule has 34 heavy (non-hydrogen) atoms. The molecule has 1 N–H and O–H groups in total. The summed E-state index contributed by atoms with van der Waals surface area (Å²) in [5.74, 6) is -0.380. The lowest BCUT2D eigenvalue weighted by Gasteiger charge is -2.31. The highest BCUT2D eigenvalue weighted by atomic mass is 32.2. The molecule has 186 valence electrons. The number of likely N-dealkylation sites (N-methyl/N-ethyl adjacent to an activating group) is 1. The smallest absolute Gasteiger partial charge is 0.242 e. The number of methoxy groups -OCH3 is 1. The standard InChI is InChI=1S/C24H32FN3O5S/c1-5-22(24(30)26-2)27(17-18-8-6-9-21(16-18)33-3)23(29)10-7-15-28(34(4,31)32)20-13-11-19(25)12-14-20/h6,8-9,11-14,16,22H,5,7,10,15,17H2,1-4H3,(H,26,30)/t22-/m0/s1. The monoisotopic (exact) mass is 493 g/mol. The van der Waals surface area contributed by atoms with Crippen molar-refractivity contribution in [2.45, 2.75) is 38.8 Å². The number of amides is 2. The number of benzene rings is 2. The van der Waals surface area contributed by atoms with Gasteiger partial charge in [0.05, 0.1) is 19.1 Å². The van der Waals surface area contributed by atoms with E-state index in [-0.39, 0.29) is 37.7 Å². The lowest BCUT2D eigenvalue weighted by atomic mass is 10.1. The lowest BCUT2D eigenvalue weighted by molar-refractivity contribution is -0.141. The fourth-order valence-electron chi connectivity index (χ4n) is 3.66. The van der Waals surface area contributed by atoms with Gasteiger partial charge < -0.3 is 15.0 Å². The summed E-state index contributed by atoms with van der Waals surface area (Å²) in [6, 6.07) is 11.7. The van der Waals surface area contributed by atoms with Gasteiger partial charge >= 0.3 is 0 Å². The molecule has 0 fully saturated rings. The molecule has 0 unspecified atom stereocenters. The van der Waals surface area contributed by atoms with Crippen LogP contribution in [0.5, 0.6) is 5.75 Å². The summed E-state index contributed by atoms with van der Waals surface area (Å²) in [7, 11) is -0.564. The van der Waals surface area contributed by atoms with Crippen LogP contribution in [0.3, 0.4) is 0 Å². The van der Waals surface area contributed by atoms with E-state index in [1.165, 1.54) is 36.2 Å². The Hall–Kier alpha value is -3.14. The highest BCUT2D eigenvalue weighted by Gasteiger charge is 2.28. The number of sulfonamides is 1. The van der Waals surface area contributed by atoms with Gasteiger partial charge in [-0.15, -0.1) is 0 Å². The molecule has 0 bridgehead atoms. The highest BCUT2D eigenvalue weighted by molar-refractivity contribution is 7.92. The number of carbonyl (C=O) groups is 2. The van der Waals surface area contributed by atoms with Crippen molar-refractivity contribution in [2.75, 3.05) is 31.3 Å². The fourth-order valence-corrected chi connectivity index (χ4v) is 4.63. The van der Waals surface area contributed by atoms with E-state index in [9.17, 15) is 22.4 Å². The lowest BCUT2D eigenvalue weighted by Crippen LogP contribution is -2.48. The molecule has 2 aromatic carbocycles. The van der Waals surface area contributed by atoms with Gasteiger partial charge in [0.25, 0.3) is 0 Å². The van der Waals surface area contributed by atoms with Gasteiger partial charge in [-0.2, -0.15) is 0 Å². The van der Waals surface area contributed by atoms with E-state index in [2.05, 4.69) is 5.32 Å². The Morgan fingerprint density at radius 3 is 2.38 bits per heavy atom. The number of nitrogens with one attached hydrogen (secondary N) is 1. The number of nitrogens with zero attached hydrogens (tertiary/aromatic N) is 2. The van der Waals surface area contributed by atoms with Gasteiger partial charge in [-0.3, -0.25) is 13.9 Å². The third-order valence-corrected chi connectivity index (χ3v) is 6.58. The van der Waals surface area contributed by atoms with E-state index >= 15 is 0 Å². The van der Waals surface area contributed by atoms with Crippen molar-refractivity contribution in [1.29, 1.82) is 0 Å². The van der Waals surface area contributed by atoms with Crippen LogP contribution >= 0.6 is 0 Å². The Morgan fingerprint density at radius 2 is 1.82 bits per heavy atom. The quantitative estimate of drug-likeness (QED) is 0.491. The first-order valence-corrected chi connectivity index (χ1v) is 12.8. The second kappa shape index (κ2) is 12.4. The maximum atomic E-state index is 13.3. The summed E-state index contributed by atoms with van der Waals surface area (Å²) >= 11 is 0. The number of halogens is 1. The molecule has 0 aliphatic rings. The minimum absolute atomic E-state index is 0.0324. The minimum atomic E-state index is -3.64. The van der Waals surface area contributed by atoms with Crippen molar-refractivity contribution in [2.24, 2.45) is 0 Å². The van der Waals surface area contributed by atoms with Crippen LogP contribution in [0.2, 0.25) is 0 Å². The van der Waals surface area contributed by atoms with Crippen LogP contribution in [-0.2, 0) is 26.2 Å². The third kappa shape index (κ3) is 7.44. The van der Waals surface area contributed by atoms with E-state index in [0.29, 0.717) is 17.9 Å². The second-order valence-corrected chi connectivity index (χ2v) is 9.73. The topological polar surface area (TPSA) is 96.0 Å². The Bertz CT molecular complexity index is 1080. The summed E-state index contributed by atoms with van der Waals surface area (Å²) in [6.07, 6.45) is 1.74. The van der Waals surface area contributed by atoms with Crippen molar-refractivity contribution in [1.82, 2.24) is 10.2 Å². The average Bonchev–Trinajstić information content (AvgIpc) is 2.81. The molecular weight excluding hydrogens is 461 g/mol. The number of hydrogen-bond acceptors (Lipinski definition) is 5. The first-order chi connectivity index (χ1) is 16.1. The molecule has 1 atom stereocenters. The fraction of sp³-hybridized carbons (Fsp3) is 0.417. The van der Waals surface area contributed by atoms with Crippen molar-refractivity contribution in [3.05, 3.63) is 59.9 Å². The van der Waals surface area contributed by atoms with E-state index in [1.54, 1.807) is 19.2 Å². The summed E-state index contributed by atoms with van der Waals surface area (Å²) in [5.41, 5.74) is 1.13. The van der Waals surface area contributed by atoms with Gasteiger partial charge in [0.15, 0.2) is 0 Å². The molecule has 0 radical (unpaired) electrons. The largest absolute Gasteiger partial charge is 0.497 e. The zero-order valence-electron chi connectivity index (χ0n) is 20.0. The molecule has 0 aliphatic carbocycles. The molecule has 2 amide bonds. The van der Waals surface area contributed by atoms with Gasteiger partial charge in [-0.1, -0.05) is 19.1 Å². The van der Waals surface area contributed by atoms with Gasteiger partial charge in [0, 0.05) is 26.6 Å². The number of hydrogen-bond donors (Lipinski definition) is 1. The zero-order valence-corrected chi connectivity index (χ0v) is 20.8.